The van der Waals surface area contributed by atoms with Crippen molar-refractivity contribution in [3.05, 3.63) is 41.7 Å². The minimum atomic E-state index is -3.75. The number of thiophene rings is 1. The van der Waals surface area contributed by atoms with Crippen LogP contribution in [0, 0.1) is 0 Å². The van der Waals surface area contributed by atoms with Crippen LogP contribution in [-0.2, 0) is 19.4 Å². The minimum absolute atomic E-state index is 0.00715. The van der Waals surface area contributed by atoms with E-state index < -0.39 is 26.9 Å². The zero-order chi connectivity index (χ0) is 19.3. The Bertz CT molecular complexity index is 854. The molecule has 1 aliphatic carbocycles. The molecule has 2 aromatic rings. The van der Waals surface area contributed by atoms with Crippen LogP contribution in [0.25, 0.3) is 0 Å². The van der Waals surface area contributed by atoms with Gasteiger partial charge in [-0.15, -0.1) is 11.3 Å². The van der Waals surface area contributed by atoms with Crippen LogP contribution in [0.2, 0.25) is 0 Å². The summed E-state index contributed by atoms with van der Waals surface area (Å²) in [6.07, 6.45) is 6.31. The first-order valence-electron chi connectivity index (χ1n) is 8.88. The third-order valence-corrected chi connectivity index (χ3v) is 8.10. The summed E-state index contributed by atoms with van der Waals surface area (Å²) in [7, 11) is -3.75. The fourth-order valence-corrected chi connectivity index (χ4v) is 5.96. The Balaban J connectivity index is 1.66. The highest BCUT2D eigenvalue weighted by atomic mass is 32.2. The molecule has 9 heteroatoms. The average Bonchev–Trinajstić information content (AvgIpc) is 3.36. The van der Waals surface area contributed by atoms with Crippen LogP contribution >= 0.6 is 11.3 Å². The summed E-state index contributed by atoms with van der Waals surface area (Å²) in [5.74, 6) is -1.34. The Labute approximate surface area is 162 Å². The minimum Gasteiger partial charge on any atom is -0.468 e. The second kappa shape index (κ2) is 8.71. The van der Waals surface area contributed by atoms with Crippen LogP contribution < -0.4 is 10.6 Å². The van der Waals surface area contributed by atoms with Gasteiger partial charge in [-0.25, -0.2) is 8.42 Å². The predicted octanol–water partition coefficient (Wildman–Crippen LogP) is 2.42. The third kappa shape index (κ3) is 4.78. The number of sulfone groups is 1. The summed E-state index contributed by atoms with van der Waals surface area (Å²) in [4.78, 5) is 24.3. The van der Waals surface area contributed by atoms with Crippen molar-refractivity contribution in [3.63, 3.8) is 0 Å². The molecule has 1 saturated carbocycles. The molecule has 0 aliphatic heterocycles. The molecule has 7 nitrogen and oxygen atoms in total. The van der Waals surface area contributed by atoms with Crippen molar-refractivity contribution in [1.29, 1.82) is 0 Å². The Hall–Kier alpha value is -2.13. The monoisotopic (exact) mass is 410 g/mol. The molecule has 2 aromatic heterocycles. The predicted molar refractivity (Wildman–Crippen MR) is 101 cm³/mol. The molecule has 2 N–H and O–H groups in total. The molecule has 2 heterocycles. The van der Waals surface area contributed by atoms with Crippen molar-refractivity contribution < 1.29 is 22.4 Å². The molecule has 0 bridgehead atoms. The van der Waals surface area contributed by atoms with E-state index in [-0.39, 0.29) is 22.6 Å². The number of furan rings is 1. The van der Waals surface area contributed by atoms with E-state index in [2.05, 4.69) is 10.6 Å². The topological polar surface area (TPSA) is 105 Å². The van der Waals surface area contributed by atoms with Gasteiger partial charge in [0.25, 0.3) is 0 Å². The number of carbonyl (C=O) groups excluding carboxylic acids is 2. The Morgan fingerprint density at radius 1 is 1.15 bits per heavy atom. The molecule has 146 valence electrons. The van der Waals surface area contributed by atoms with Crippen LogP contribution in [-0.4, -0.2) is 32.8 Å². The van der Waals surface area contributed by atoms with Crippen molar-refractivity contribution in [2.24, 2.45) is 0 Å². The van der Waals surface area contributed by atoms with E-state index in [4.69, 9.17) is 4.42 Å². The first-order chi connectivity index (χ1) is 13.0. The van der Waals surface area contributed by atoms with E-state index in [1.54, 1.807) is 23.6 Å². The molecule has 1 aliphatic rings. The summed E-state index contributed by atoms with van der Waals surface area (Å²) in [5, 5.41) is 5.73. The van der Waals surface area contributed by atoms with Crippen molar-refractivity contribution in [2.45, 2.75) is 47.6 Å². The maximum atomic E-state index is 12.9. The van der Waals surface area contributed by atoms with Gasteiger partial charge in [-0.3, -0.25) is 9.59 Å². The van der Waals surface area contributed by atoms with Gasteiger partial charge in [-0.2, -0.15) is 0 Å². The van der Waals surface area contributed by atoms with Gasteiger partial charge in [0.05, 0.1) is 6.26 Å². The Kier molecular flexibility index (Phi) is 6.33. The highest BCUT2D eigenvalue weighted by molar-refractivity contribution is 7.93. The third-order valence-electron chi connectivity index (χ3n) is 4.61. The number of rotatable bonds is 6. The quantitative estimate of drug-likeness (QED) is 0.712. The maximum Gasteiger partial charge on any atom is 0.309 e. The normalized spacial score (nSPS) is 16.6. The summed E-state index contributed by atoms with van der Waals surface area (Å²) in [6, 6.07) is 6.29. The number of amides is 2. The standard InChI is InChI=1S/C18H22N2O5S2/c21-17(18(22)20-13-6-2-1-3-7-13)19-12-15(14-8-4-10-25-14)27(23,24)16-9-5-11-26-16/h4-5,8-11,13,15H,1-3,6-7,12H2,(H,19,21)(H,20,22). The van der Waals surface area contributed by atoms with E-state index >= 15 is 0 Å². The van der Waals surface area contributed by atoms with Gasteiger partial charge in [0, 0.05) is 12.6 Å². The van der Waals surface area contributed by atoms with Crippen molar-refractivity contribution in [2.75, 3.05) is 6.54 Å². The highest BCUT2D eigenvalue weighted by Crippen LogP contribution is 2.31. The smallest absolute Gasteiger partial charge is 0.309 e. The maximum absolute atomic E-state index is 12.9. The molecule has 1 atom stereocenters. The zero-order valence-corrected chi connectivity index (χ0v) is 16.4. The number of nitrogens with one attached hydrogen (secondary N) is 2. The lowest BCUT2D eigenvalue weighted by molar-refractivity contribution is -0.139. The first-order valence-corrected chi connectivity index (χ1v) is 11.3. The first kappa shape index (κ1) is 19.6. The summed E-state index contributed by atoms with van der Waals surface area (Å²) in [5.41, 5.74) is 0. The molecule has 0 aromatic carbocycles. The van der Waals surface area contributed by atoms with Gasteiger partial charge >= 0.3 is 11.8 Å². The van der Waals surface area contributed by atoms with Gasteiger partial charge in [0.1, 0.15) is 15.2 Å². The van der Waals surface area contributed by atoms with Gasteiger partial charge in [-0.05, 0) is 36.4 Å². The van der Waals surface area contributed by atoms with Crippen molar-refractivity contribution >= 4 is 33.0 Å². The number of hydrogen-bond acceptors (Lipinski definition) is 6. The molecule has 1 unspecified atom stereocenters. The zero-order valence-electron chi connectivity index (χ0n) is 14.7. The second-order valence-electron chi connectivity index (χ2n) is 6.50. The molecule has 1 fully saturated rings. The average molecular weight is 411 g/mol. The van der Waals surface area contributed by atoms with Crippen molar-refractivity contribution in [3.8, 4) is 0 Å². The Morgan fingerprint density at radius 3 is 2.56 bits per heavy atom. The SMILES string of the molecule is O=C(NCC(c1ccco1)S(=O)(=O)c1cccs1)C(=O)NC1CCCCC1. The van der Waals surface area contributed by atoms with Gasteiger partial charge in [0.15, 0.2) is 9.84 Å². The largest absolute Gasteiger partial charge is 0.468 e. The van der Waals surface area contributed by atoms with Crippen LogP contribution in [0.4, 0.5) is 0 Å². The fourth-order valence-electron chi connectivity index (χ4n) is 3.17. The molecule has 27 heavy (non-hydrogen) atoms. The van der Waals surface area contributed by atoms with Gasteiger partial charge in [0.2, 0.25) is 0 Å². The van der Waals surface area contributed by atoms with Gasteiger partial charge in [-0.1, -0.05) is 25.3 Å². The highest BCUT2D eigenvalue weighted by Gasteiger charge is 2.33. The molecule has 0 spiro atoms. The molecular formula is C18H22N2O5S2. The molecule has 0 radical (unpaired) electrons. The lowest BCUT2D eigenvalue weighted by Crippen LogP contribution is -2.46. The van der Waals surface area contributed by atoms with E-state index in [9.17, 15) is 18.0 Å². The fraction of sp³-hybridized carbons (Fsp3) is 0.444. The lowest BCUT2D eigenvalue weighted by atomic mass is 9.95. The molecule has 0 saturated heterocycles. The van der Waals surface area contributed by atoms with Crippen LogP contribution in [0.5, 0.6) is 0 Å². The van der Waals surface area contributed by atoms with E-state index in [1.807, 2.05) is 0 Å². The number of hydrogen-bond donors (Lipinski definition) is 2. The second-order valence-corrected chi connectivity index (χ2v) is 9.80. The van der Waals surface area contributed by atoms with Crippen LogP contribution in [0.15, 0.2) is 44.5 Å². The summed E-state index contributed by atoms with van der Waals surface area (Å²) in [6.45, 7) is -0.245. The Morgan fingerprint density at radius 2 is 1.93 bits per heavy atom. The molecule has 3 rings (SSSR count). The molecular weight excluding hydrogens is 388 g/mol. The lowest BCUT2D eigenvalue weighted by Gasteiger charge is -2.22. The van der Waals surface area contributed by atoms with Crippen molar-refractivity contribution in [1.82, 2.24) is 10.6 Å². The van der Waals surface area contributed by atoms with Crippen LogP contribution in [0.1, 0.15) is 43.1 Å². The van der Waals surface area contributed by atoms with E-state index in [0.29, 0.717) is 0 Å². The van der Waals surface area contributed by atoms with E-state index in [1.165, 1.54) is 12.3 Å². The summed E-state index contributed by atoms with van der Waals surface area (Å²) < 4.78 is 31.2. The van der Waals surface area contributed by atoms with Gasteiger partial charge < -0.3 is 15.1 Å². The molecule has 2 amide bonds. The summed E-state index contributed by atoms with van der Waals surface area (Å²) >= 11 is 1.10. The number of carbonyl (C=O) groups is 2. The van der Waals surface area contributed by atoms with E-state index in [0.717, 1.165) is 43.4 Å². The van der Waals surface area contributed by atoms with Crippen LogP contribution in [0.3, 0.4) is 0 Å².